The smallest absolute Gasteiger partial charge is 0.267 e. The summed E-state index contributed by atoms with van der Waals surface area (Å²) in [5, 5.41) is 7.40. The summed E-state index contributed by atoms with van der Waals surface area (Å²) in [6.07, 6.45) is 0. The number of benzene rings is 2. The summed E-state index contributed by atoms with van der Waals surface area (Å²) in [6, 6.07) is 11.0. The van der Waals surface area contributed by atoms with Crippen LogP contribution < -0.4 is 10.6 Å². The van der Waals surface area contributed by atoms with E-state index in [4.69, 9.17) is 34.8 Å². The highest BCUT2D eigenvalue weighted by Gasteiger charge is 2.32. The number of halogens is 3. The average molecular weight is 588 g/mol. The van der Waals surface area contributed by atoms with Crippen LogP contribution in [-0.4, -0.2) is 62.7 Å². The molecule has 190 valence electrons. The first kappa shape index (κ1) is 26.9. The number of hydrogen-bond donors (Lipinski definition) is 2. The fourth-order valence-electron chi connectivity index (χ4n) is 3.55. The van der Waals surface area contributed by atoms with Gasteiger partial charge in [-0.25, -0.2) is 8.42 Å². The Labute approximate surface area is 227 Å². The lowest BCUT2D eigenvalue weighted by Gasteiger charge is -2.31. The van der Waals surface area contributed by atoms with Crippen molar-refractivity contribution in [2.75, 3.05) is 43.9 Å². The third-order valence-electron chi connectivity index (χ3n) is 5.56. The number of carbonyl (C=O) groups is 2. The molecule has 1 aliphatic heterocycles. The van der Waals surface area contributed by atoms with Crippen molar-refractivity contribution in [1.29, 1.82) is 0 Å². The Morgan fingerprint density at radius 3 is 2.19 bits per heavy atom. The molecule has 1 fully saturated rings. The van der Waals surface area contributed by atoms with Gasteiger partial charge in [0, 0.05) is 47.3 Å². The van der Waals surface area contributed by atoms with Gasteiger partial charge in [-0.15, -0.1) is 11.3 Å². The van der Waals surface area contributed by atoms with Gasteiger partial charge >= 0.3 is 0 Å². The number of hydrogen-bond acceptors (Lipinski definition) is 6. The number of likely N-dealkylation sites (N-methyl/N-ethyl adjacent to an activating group) is 1. The molecule has 0 aliphatic carbocycles. The fraction of sp³-hybridized carbons (Fsp3) is 0.217. The molecule has 1 aliphatic rings. The minimum Gasteiger partial charge on any atom is -0.322 e. The summed E-state index contributed by atoms with van der Waals surface area (Å²) in [5.74, 6) is -1.15. The van der Waals surface area contributed by atoms with Crippen molar-refractivity contribution < 1.29 is 18.0 Å². The van der Waals surface area contributed by atoms with Crippen molar-refractivity contribution in [2.45, 2.75) is 4.90 Å². The number of nitrogens with one attached hydrogen (secondary N) is 2. The maximum Gasteiger partial charge on any atom is 0.267 e. The first-order chi connectivity index (χ1) is 17.1. The van der Waals surface area contributed by atoms with Crippen molar-refractivity contribution in [2.24, 2.45) is 0 Å². The largest absolute Gasteiger partial charge is 0.322 e. The van der Waals surface area contributed by atoms with Gasteiger partial charge in [-0.2, -0.15) is 4.31 Å². The zero-order chi connectivity index (χ0) is 26.0. The van der Waals surface area contributed by atoms with E-state index in [0.29, 0.717) is 41.9 Å². The molecule has 4 rings (SSSR count). The van der Waals surface area contributed by atoms with Gasteiger partial charge < -0.3 is 15.5 Å². The number of carbonyl (C=O) groups excluding carboxylic acids is 2. The molecule has 2 heterocycles. The highest BCUT2D eigenvalue weighted by Crippen LogP contribution is 2.34. The van der Waals surface area contributed by atoms with Gasteiger partial charge in [0.25, 0.3) is 11.8 Å². The van der Waals surface area contributed by atoms with E-state index in [9.17, 15) is 18.0 Å². The van der Waals surface area contributed by atoms with Gasteiger partial charge in [0.2, 0.25) is 10.0 Å². The second-order valence-corrected chi connectivity index (χ2v) is 12.1. The maximum atomic E-state index is 13.1. The zero-order valence-electron chi connectivity index (χ0n) is 18.9. The summed E-state index contributed by atoms with van der Waals surface area (Å²) in [5.41, 5.74) is 0.800. The summed E-state index contributed by atoms with van der Waals surface area (Å²) >= 11 is 19.3. The van der Waals surface area contributed by atoms with Gasteiger partial charge in [0.1, 0.15) is 9.77 Å². The summed E-state index contributed by atoms with van der Waals surface area (Å²) in [6.45, 7) is 1.88. The van der Waals surface area contributed by atoms with Gasteiger partial charge in [-0.05, 0) is 49.5 Å². The summed E-state index contributed by atoms with van der Waals surface area (Å²) in [7, 11) is -1.93. The van der Waals surface area contributed by atoms with Crippen molar-refractivity contribution in [3.63, 3.8) is 0 Å². The standard InChI is InChI=1S/C23H21Cl3N4O4S2/c1-29-8-10-30(11-9-29)36(33,34)19-13-35-21(20(19)26)23(32)28-18-7-4-15(25)12-17(18)22(31)27-16-5-2-14(24)3-6-16/h2-7,12-13H,8-11H2,1H3,(H,27,31)(H,28,32). The van der Waals surface area contributed by atoms with Crippen molar-refractivity contribution in [3.8, 4) is 0 Å². The molecule has 0 radical (unpaired) electrons. The van der Waals surface area contributed by atoms with Gasteiger partial charge in [0.05, 0.1) is 16.3 Å². The van der Waals surface area contributed by atoms with Crippen LogP contribution in [0.25, 0.3) is 0 Å². The molecule has 0 atom stereocenters. The fourth-order valence-corrected chi connectivity index (χ4v) is 7.14. The quantitative estimate of drug-likeness (QED) is 0.416. The summed E-state index contributed by atoms with van der Waals surface area (Å²) in [4.78, 5) is 27.9. The molecule has 3 aromatic rings. The number of rotatable bonds is 6. The summed E-state index contributed by atoms with van der Waals surface area (Å²) < 4.78 is 27.6. The van der Waals surface area contributed by atoms with Crippen LogP contribution in [-0.2, 0) is 10.0 Å². The van der Waals surface area contributed by atoms with E-state index in [1.54, 1.807) is 24.3 Å². The Bertz CT molecular complexity index is 1400. The first-order valence-electron chi connectivity index (χ1n) is 10.7. The minimum atomic E-state index is -3.85. The van der Waals surface area contributed by atoms with Crippen LogP contribution in [0.15, 0.2) is 52.7 Å². The Kier molecular flexibility index (Phi) is 8.25. The van der Waals surface area contributed by atoms with Crippen LogP contribution in [0.5, 0.6) is 0 Å². The molecule has 0 unspecified atom stereocenters. The van der Waals surface area contributed by atoms with Gasteiger partial charge in [-0.1, -0.05) is 34.8 Å². The SMILES string of the molecule is CN1CCN(S(=O)(=O)c2csc(C(=O)Nc3ccc(Cl)cc3C(=O)Nc3ccc(Cl)cc3)c2Cl)CC1. The van der Waals surface area contributed by atoms with E-state index in [0.717, 1.165) is 11.3 Å². The molecule has 1 aromatic heterocycles. The van der Waals surface area contributed by atoms with Crippen LogP contribution in [0.2, 0.25) is 15.1 Å². The van der Waals surface area contributed by atoms with Crippen molar-refractivity contribution in [1.82, 2.24) is 9.21 Å². The van der Waals surface area contributed by atoms with Crippen LogP contribution in [0, 0.1) is 0 Å². The van der Waals surface area contributed by atoms with Crippen LogP contribution >= 0.6 is 46.1 Å². The maximum absolute atomic E-state index is 13.1. The predicted octanol–water partition coefficient (Wildman–Crippen LogP) is 5.15. The lowest BCUT2D eigenvalue weighted by Crippen LogP contribution is -2.47. The second kappa shape index (κ2) is 11.1. The predicted molar refractivity (Wildman–Crippen MR) is 144 cm³/mol. The lowest BCUT2D eigenvalue weighted by molar-refractivity contribution is 0.102. The van der Waals surface area contributed by atoms with E-state index in [-0.39, 0.29) is 26.0 Å². The molecular formula is C23H21Cl3N4O4S2. The Hall–Kier alpha value is -2.18. The minimum absolute atomic E-state index is 0.0170. The zero-order valence-corrected chi connectivity index (χ0v) is 22.8. The molecule has 13 heteroatoms. The van der Waals surface area contributed by atoms with Crippen LogP contribution in [0.4, 0.5) is 11.4 Å². The molecule has 2 aromatic carbocycles. The number of sulfonamides is 1. The van der Waals surface area contributed by atoms with Gasteiger partial charge in [-0.3, -0.25) is 9.59 Å². The van der Waals surface area contributed by atoms with Crippen LogP contribution in [0.3, 0.4) is 0 Å². The first-order valence-corrected chi connectivity index (χ1v) is 14.1. The molecule has 2 N–H and O–H groups in total. The third-order valence-corrected chi connectivity index (χ3v) is 9.72. The molecule has 0 bridgehead atoms. The third kappa shape index (κ3) is 5.86. The van der Waals surface area contributed by atoms with E-state index in [2.05, 4.69) is 10.6 Å². The number of anilines is 2. The molecular weight excluding hydrogens is 567 g/mol. The number of amides is 2. The van der Waals surface area contributed by atoms with Crippen LogP contribution in [0.1, 0.15) is 20.0 Å². The van der Waals surface area contributed by atoms with E-state index < -0.39 is 21.8 Å². The highest BCUT2D eigenvalue weighted by atomic mass is 35.5. The highest BCUT2D eigenvalue weighted by molar-refractivity contribution is 7.89. The molecule has 2 amide bonds. The van der Waals surface area contributed by atoms with Crippen molar-refractivity contribution >= 4 is 79.4 Å². The van der Waals surface area contributed by atoms with E-state index >= 15 is 0 Å². The van der Waals surface area contributed by atoms with Gasteiger partial charge in [0.15, 0.2) is 0 Å². The average Bonchev–Trinajstić information content (AvgIpc) is 3.24. The lowest BCUT2D eigenvalue weighted by atomic mass is 10.1. The van der Waals surface area contributed by atoms with Crippen molar-refractivity contribution in [3.05, 3.63) is 73.4 Å². The number of nitrogens with zero attached hydrogens (tertiary/aromatic N) is 2. The Morgan fingerprint density at radius 2 is 1.53 bits per heavy atom. The number of thiophene rings is 1. The Morgan fingerprint density at radius 1 is 0.889 bits per heavy atom. The van der Waals surface area contributed by atoms with E-state index in [1.807, 2.05) is 11.9 Å². The molecule has 8 nitrogen and oxygen atoms in total. The second-order valence-electron chi connectivity index (χ2n) is 8.06. The van der Waals surface area contributed by atoms with E-state index in [1.165, 1.54) is 27.9 Å². The molecule has 0 saturated carbocycles. The number of piperazine rings is 1. The Balaban J connectivity index is 1.55. The monoisotopic (exact) mass is 586 g/mol. The molecule has 1 saturated heterocycles. The molecule has 0 spiro atoms. The molecule has 36 heavy (non-hydrogen) atoms. The normalized spacial score (nSPS) is 15.0. The topological polar surface area (TPSA) is 98.8 Å².